The Labute approximate surface area is 134 Å². The van der Waals surface area contributed by atoms with Gasteiger partial charge in [-0.25, -0.2) is 0 Å². The van der Waals surface area contributed by atoms with Crippen LogP contribution in [0.15, 0.2) is 91.3 Å². The number of benzene rings is 3. The van der Waals surface area contributed by atoms with E-state index in [0.29, 0.717) is 0 Å². The lowest BCUT2D eigenvalue weighted by Crippen LogP contribution is -1.73. The first-order valence-electron chi connectivity index (χ1n) is 7.66. The van der Waals surface area contributed by atoms with Gasteiger partial charge in [-0.05, 0) is 35.0 Å². The molecule has 2 heterocycles. The van der Waals surface area contributed by atoms with Crippen molar-refractivity contribution in [2.75, 3.05) is 0 Å². The number of hydrogen-bond donors (Lipinski definition) is 1. The summed E-state index contributed by atoms with van der Waals surface area (Å²) >= 11 is 0. The molecule has 0 amide bonds. The summed E-state index contributed by atoms with van der Waals surface area (Å²) in [4.78, 5) is 7.39. The van der Waals surface area contributed by atoms with E-state index in [1.54, 1.807) is 0 Å². The summed E-state index contributed by atoms with van der Waals surface area (Å²) in [6.07, 6.45) is 3.79. The van der Waals surface area contributed by atoms with E-state index < -0.39 is 0 Å². The van der Waals surface area contributed by atoms with Gasteiger partial charge in [-0.15, -0.1) is 0 Å². The molecule has 5 aromatic rings. The number of hydrogen-bond acceptors (Lipinski definition) is 1. The smallest absolute Gasteiger partial charge is 0.0701 e. The molecule has 0 atom stereocenters. The quantitative estimate of drug-likeness (QED) is 0.398. The van der Waals surface area contributed by atoms with Crippen molar-refractivity contribution in [3.63, 3.8) is 0 Å². The van der Waals surface area contributed by atoms with Crippen LogP contribution in [0.25, 0.3) is 32.6 Å². The minimum Gasteiger partial charge on any atom is -0.361 e. The largest absolute Gasteiger partial charge is 0.361 e. The van der Waals surface area contributed by atoms with Gasteiger partial charge >= 0.3 is 0 Å². The second-order valence-corrected chi connectivity index (χ2v) is 5.42. The molecule has 23 heavy (non-hydrogen) atoms. The molecule has 0 unspecified atom stereocenters. The maximum atomic E-state index is 4.18. The fourth-order valence-electron chi connectivity index (χ4n) is 2.83. The first-order chi connectivity index (χ1) is 11.4. The number of nitrogens with zero attached hydrogens (tertiary/aromatic N) is 1. The van der Waals surface area contributed by atoms with Crippen LogP contribution in [-0.2, 0) is 0 Å². The van der Waals surface area contributed by atoms with Crippen molar-refractivity contribution in [2.24, 2.45) is 0 Å². The molecule has 110 valence electrons. The molecule has 2 heteroatoms. The fraction of sp³-hybridized carbons (Fsp3) is 0. The minimum absolute atomic E-state index is 1.06. The van der Waals surface area contributed by atoms with Crippen molar-refractivity contribution >= 4 is 32.6 Å². The van der Waals surface area contributed by atoms with Crippen molar-refractivity contribution in [2.45, 2.75) is 0 Å². The molecule has 0 spiro atoms. The highest BCUT2D eigenvalue weighted by Crippen LogP contribution is 2.23. The monoisotopic (exact) mass is 296 g/mol. The Hall–Kier alpha value is -3.13. The van der Waals surface area contributed by atoms with Crippen molar-refractivity contribution in [1.82, 2.24) is 9.97 Å². The normalized spacial score (nSPS) is 10.6. The van der Waals surface area contributed by atoms with Crippen molar-refractivity contribution in [1.29, 1.82) is 0 Å². The Morgan fingerprint density at radius 2 is 1.39 bits per heavy atom. The third kappa shape index (κ3) is 2.67. The van der Waals surface area contributed by atoms with Gasteiger partial charge < -0.3 is 4.98 Å². The van der Waals surface area contributed by atoms with Crippen molar-refractivity contribution < 1.29 is 0 Å². The van der Waals surface area contributed by atoms with E-state index in [2.05, 4.69) is 64.6 Å². The van der Waals surface area contributed by atoms with Gasteiger partial charge in [0.05, 0.1) is 5.52 Å². The summed E-state index contributed by atoms with van der Waals surface area (Å²) in [5, 5.41) is 5.12. The molecule has 5 rings (SSSR count). The molecule has 0 saturated heterocycles. The van der Waals surface area contributed by atoms with Crippen LogP contribution in [-0.4, -0.2) is 9.97 Å². The SMILES string of the molecule is c1ccc2c(c1)ccc1[nH]ccc12.c1ccc2ncccc2c1. The van der Waals surface area contributed by atoms with Crippen LogP contribution in [0.2, 0.25) is 0 Å². The van der Waals surface area contributed by atoms with E-state index >= 15 is 0 Å². The van der Waals surface area contributed by atoms with Gasteiger partial charge in [-0.2, -0.15) is 0 Å². The van der Waals surface area contributed by atoms with Crippen LogP contribution in [0.4, 0.5) is 0 Å². The van der Waals surface area contributed by atoms with E-state index in [0.717, 1.165) is 5.52 Å². The number of pyridine rings is 1. The summed E-state index contributed by atoms with van der Waals surface area (Å²) in [5.41, 5.74) is 2.27. The van der Waals surface area contributed by atoms with E-state index in [4.69, 9.17) is 0 Å². The third-order valence-electron chi connectivity index (χ3n) is 3.97. The number of H-pyrrole nitrogens is 1. The number of aromatic nitrogens is 2. The standard InChI is InChI=1S/C12H9N.C9H7N/c1-2-4-10-9(3-1)5-6-12-11(10)7-8-13-12;1-2-6-9-8(4-1)5-3-7-10-9/h1-8,13H;1-7H. The second-order valence-electron chi connectivity index (χ2n) is 5.42. The van der Waals surface area contributed by atoms with Crippen LogP contribution in [0.1, 0.15) is 0 Å². The summed E-state index contributed by atoms with van der Waals surface area (Å²) in [5.74, 6) is 0. The number of aromatic amines is 1. The minimum atomic E-state index is 1.06. The second kappa shape index (κ2) is 5.93. The Balaban J connectivity index is 0.000000122. The van der Waals surface area contributed by atoms with Gasteiger partial charge in [-0.1, -0.05) is 54.6 Å². The van der Waals surface area contributed by atoms with Crippen LogP contribution >= 0.6 is 0 Å². The molecule has 0 aliphatic heterocycles. The summed E-state index contributed by atoms with van der Waals surface area (Å²) in [6.45, 7) is 0. The Morgan fingerprint density at radius 1 is 0.609 bits per heavy atom. The van der Waals surface area contributed by atoms with Crippen LogP contribution in [0.5, 0.6) is 0 Å². The lowest BCUT2D eigenvalue weighted by molar-refractivity contribution is 1.41. The number of rotatable bonds is 0. The highest BCUT2D eigenvalue weighted by atomic mass is 14.7. The lowest BCUT2D eigenvalue weighted by Gasteiger charge is -1.97. The fourth-order valence-corrected chi connectivity index (χ4v) is 2.83. The summed E-state index contributed by atoms with van der Waals surface area (Å²) in [7, 11) is 0. The molecule has 3 aromatic carbocycles. The van der Waals surface area contributed by atoms with E-state index in [-0.39, 0.29) is 0 Å². The molecule has 2 aromatic heterocycles. The zero-order chi connectivity index (χ0) is 15.5. The molecule has 0 aliphatic carbocycles. The van der Waals surface area contributed by atoms with Gasteiger partial charge in [0.25, 0.3) is 0 Å². The van der Waals surface area contributed by atoms with Crippen molar-refractivity contribution in [3.05, 3.63) is 91.3 Å². The van der Waals surface area contributed by atoms with Gasteiger partial charge in [0.1, 0.15) is 0 Å². The van der Waals surface area contributed by atoms with E-state index in [1.165, 1.54) is 27.1 Å². The van der Waals surface area contributed by atoms with Crippen LogP contribution in [0.3, 0.4) is 0 Å². The summed E-state index contributed by atoms with van der Waals surface area (Å²) < 4.78 is 0. The highest BCUT2D eigenvalue weighted by molar-refractivity contribution is 6.06. The number of para-hydroxylation sites is 1. The zero-order valence-corrected chi connectivity index (χ0v) is 12.6. The average Bonchev–Trinajstić information content (AvgIpc) is 3.12. The van der Waals surface area contributed by atoms with Gasteiger partial charge in [0.2, 0.25) is 0 Å². The molecule has 0 radical (unpaired) electrons. The highest BCUT2D eigenvalue weighted by Gasteiger charge is 1.98. The van der Waals surface area contributed by atoms with Crippen LogP contribution in [0, 0.1) is 0 Å². The molecule has 1 N–H and O–H groups in total. The Morgan fingerprint density at radius 3 is 2.30 bits per heavy atom. The Kier molecular flexibility index (Phi) is 3.49. The zero-order valence-electron chi connectivity index (χ0n) is 12.6. The van der Waals surface area contributed by atoms with Gasteiger partial charge in [-0.3, -0.25) is 4.98 Å². The van der Waals surface area contributed by atoms with E-state index in [9.17, 15) is 0 Å². The first-order valence-corrected chi connectivity index (χ1v) is 7.66. The van der Waals surface area contributed by atoms with Gasteiger partial charge in [0, 0.05) is 28.7 Å². The number of fused-ring (bicyclic) bond motifs is 4. The molecule has 0 bridgehead atoms. The van der Waals surface area contributed by atoms with Gasteiger partial charge in [0.15, 0.2) is 0 Å². The van der Waals surface area contributed by atoms with E-state index in [1.807, 2.05) is 36.7 Å². The maximum Gasteiger partial charge on any atom is 0.0701 e. The predicted molar refractivity (Wildman–Crippen MR) is 97.5 cm³/mol. The molecular formula is C21H16N2. The first kappa shape index (κ1) is 13.5. The maximum absolute atomic E-state index is 4.18. The molecule has 0 fully saturated rings. The molecule has 0 saturated carbocycles. The molecular weight excluding hydrogens is 280 g/mol. The molecule has 0 aliphatic rings. The number of nitrogens with one attached hydrogen (secondary N) is 1. The average molecular weight is 296 g/mol. The summed E-state index contributed by atoms with van der Waals surface area (Å²) in [6, 6.07) is 26.9. The van der Waals surface area contributed by atoms with Crippen molar-refractivity contribution in [3.8, 4) is 0 Å². The lowest BCUT2D eigenvalue weighted by atomic mass is 10.1. The Bertz CT molecular complexity index is 1010. The topological polar surface area (TPSA) is 28.7 Å². The van der Waals surface area contributed by atoms with Crippen LogP contribution < -0.4 is 0 Å². The third-order valence-corrected chi connectivity index (χ3v) is 3.97. The predicted octanol–water partition coefficient (Wildman–Crippen LogP) is 5.56. The molecule has 2 nitrogen and oxygen atoms in total.